The van der Waals surface area contributed by atoms with Crippen LogP contribution in [-0.2, 0) is 0 Å². The van der Waals surface area contributed by atoms with Crippen LogP contribution >= 0.6 is 15.9 Å². The molecule has 0 atom stereocenters. The molecule has 1 aromatic carbocycles. The molecule has 6 heteroatoms. The quantitative estimate of drug-likeness (QED) is 0.711. The Morgan fingerprint density at radius 2 is 2.00 bits per heavy atom. The largest absolute Gasteiger partial charge is 0.311 e. The summed E-state index contributed by atoms with van der Waals surface area (Å²) < 4.78 is 15.4. The number of carbonyl (C=O) groups is 1. The van der Waals surface area contributed by atoms with Gasteiger partial charge in [0, 0.05) is 24.5 Å². The molecule has 0 aliphatic heterocycles. The van der Waals surface area contributed by atoms with Crippen LogP contribution in [0.15, 0.2) is 53.3 Å². The van der Waals surface area contributed by atoms with E-state index in [1.54, 1.807) is 48.2 Å². The first-order chi connectivity index (χ1) is 10.1. The van der Waals surface area contributed by atoms with E-state index in [1.807, 2.05) is 0 Å². The third-order valence-corrected chi connectivity index (χ3v) is 3.85. The number of benzene rings is 1. The fourth-order valence-corrected chi connectivity index (χ4v) is 2.45. The zero-order valence-electron chi connectivity index (χ0n) is 11.1. The summed E-state index contributed by atoms with van der Waals surface area (Å²) in [4.78, 5) is 14.0. The Balaban J connectivity index is 1.95. The maximum atomic E-state index is 12.9. The molecular weight excluding hydrogens is 337 g/mol. The predicted octanol–water partition coefficient (Wildman–Crippen LogP) is 3.51. The predicted molar refractivity (Wildman–Crippen MR) is 82.0 cm³/mol. The maximum absolute atomic E-state index is 12.9. The van der Waals surface area contributed by atoms with Crippen LogP contribution in [0.3, 0.4) is 0 Å². The molecule has 0 bridgehead atoms. The molecule has 0 aliphatic carbocycles. The molecule has 2 heterocycles. The smallest absolute Gasteiger partial charge is 0.258 e. The van der Waals surface area contributed by atoms with Gasteiger partial charge in [-0.3, -0.25) is 4.79 Å². The lowest BCUT2D eigenvalue weighted by molar-refractivity contribution is 0.0993. The first-order valence-electron chi connectivity index (χ1n) is 6.23. The van der Waals surface area contributed by atoms with Crippen LogP contribution in [0, 0.1) is 5.82 Å². The molecule has 0 saturated heterocycles. The third kappa shape index (κ3) is 2.54. The number of anilines is 1. The van der Waals surface area contributed by atoms with Gasteiger partial charge in [0.1, 0.15) is 5.82 Å². The SMILES string of the molecule is CN(C(=O)c1ccn2ncc(Br)c2c1)c1ccc(F)cc1. The standard InChI is InChI=1S/C15H11BrFN3O/c1-19(12-4-2-11(17)3-5-12)15(21)10-6-7-20-14(8-10)13(16)9-18-20/h2-9H,1H3. The number of aromatic nitrogens is 2. The summed E-state index contributed by atoms with van der Waals surface area (Å²) in [7, 11) is 1.66. The molecule has 0 radical (unpaired) electrons. The number of amides is 1. The van der Waals surface area contributed by atoms with Crippen LogP contribution in [0.1, 0.15) is 10.4 Å². The average molecular weight is 348 g/mol. The number of nitrogens with zero attached hydrogens (tertiary/aromatic N) is 3. The van der Waals surface area contributed by atoms with Gasteiger partial charge in [-0.15, -0.1) is 0 Å². The van der Waals surface area contributed by atoms with E-state index in [0.717, 1.165) is 9.99 Å². The van der Waals surface area contributed by atoms with E-state index >= 15 is 0 Å². The summed E-state index contributed by atoms with van der Waals surface area (Å²) in [5.41, 5.74) is 1.98. The van der Waals surface area contributed by atoms with Gasteiger partial charge < -0.3 is 4.90 Å². The minimum absolute atomic E-state index is 0.169. The zero-order chi connectivity index (χ0) is 15.0. The van der Waals surface area contributed by atoms with E-state index in [9.17, 15) is 9.18 Å². The number of carbonyl (C=O) groups excluding carboxylic acids is 1. The molecule has 0 aliphatic rings. The minimum atomic E-state index is -0.329. The van der Waals surface area contributed by atoms with Gasteiger partial charge in [-0.05, 0) is 52.3 Å². The lowest BCUT2D eigenvalue weighted by Gasteiger charge is -2.17. The highest BCUT2D eigenvalue weighted by Crippen LogP contribution is 2.21. The van der Waals surface area contributed by atoms with Crippen molar-refractivity contribution in [3.8, 4) is 0 Å². The molecular formula is C15H11BrFN3O. The summed E-state index contributed by atoms with van der Waals surface area (Å²) >= 11 is 3.39. The average Bonchev–Trinajstić information content (AvgIpc) is 2.87. The molecule has 0 spiro atoms. The molecule has 0 fully saturated rings. The Morgan fingerprint density at radius 3 is 2.71 bits per heavy atom. The Labute approximate surface area is 128 Å². The van der Waals surface area contributed by atoms with E-state index in [2.05, 4.69) is 21.0 Å². The number of fused-ring (bicyclic) bond motifs is 1. The normalized spacial score (nSPS) is 10.8. The molecule has 21 heavy (non-hydrogen) atoms. The fraction of sp³-hybridized carbons (Fsp3) is 0.0667. The molecule has 106 valence electrons. The zero-order valence-corrected chi connectivity index (χ0v) is 12.7. The highest BCUT2D eigenvalue weighted by molar-refractivity contribution is 9.10. The topological polar surface area (TPSA) is 37.6 Å². The Kier molecular flexibility index (Phi) is 3.47. The summed E-state index contributed by atoms with van der Waals surface area (Å²) in [6, 6.07) is 9.26. The van der Waals surface area contributed by atoms with Gasteiger partial charge >= 0.3 is 0 Å². The van der Waals surface area contributed by atoms with E-state index in [0.29, 0.717) is 11.3 Å². The van der Waals surface area contributed by atoms with Crippen LogP contribution in [0.5, 0.6) is 0 Å². The molecule has 1 amide bonds. The number of hydrogen-bond acceptors (Lipinski definition) is 2. The van der Waals surface area contributed by atoms with Crippen molar-refractivity contribution < 1.29 is 9.18 Å². The Bertz CT molecular complexity index is 813. The highest BCUT2D eigenvalue weighted by atomic mass is 79.9. The van der Waals surface area contributed by atoms with Crippen LogP contribution in [0.25, 0.3) is 5.52 Å². The summed E-state index contributed by atoms with van der Waals surface area (Å²) in [5.74, 6) is -0.499. The van der Waals surface area contributed by atoms with E-state index < -0.39 is 0 Å². The summed E-state index contributed by atoms with van der Waals surface area (Å²) in [5, 5.41) is 4.13. The third-order valence-electron chi connectivity index (χ3n) is 3.24. The van der Waals surface area contributed by atoms with Crippen molar-refractivity contribution in [2.45, 2.75) is 0 Å². The van der Waals surface area contributed by atoms with Gasteiger partial charge in [0.05, 0.1) is 16.2 Å². The van der Waals surface area contributed by atoms with Crippen molar-refractivity contribution in [2.75, 3.05) is 11.9 Å². The maximum Gasteiger partial charge on any atom is 0.258 e. The molecule has 0 saturated carbocycles. The van der Waals surface area contributed by atoms with Gasteiger partial charge in [-0.25, -0.2) is 8.91 Å². The van der Waals surface area contributed by atoms with E-state index in [1.165, 1.54) is 17.0 Å². The van der Waals surface area contributed by atoms with Gasteiger partial charge in [0.25, 0.3) is 5.91 Å². The van der Waals surface area contributed by atoms with Crippen molar-refractivity contribution in [2.24, 2.45) is 0 Å². The van der Waals surface area contributed by atoms with E-state index in [4.69, 9.17) is 0 Å². The molecule has 0 unspecified atom stereocenters. The van der Waals surface area contributed by atoms with E-state index in [-0.39, 0.29) is 11.7 Å². The number of halogens is 2. The molecule has 2 aromatic heterocycles. The lowest BCUT2D eigenvalue weighted by Crippen LogP contribution is -2.26. The summed E-state index contributed by atoms with van der Waals surface area (Å²) in [6.07, 6.45) is 3.40. The molecule has 4 nitrogen and oxygen atoms in total. The van der Waals surface area contributed by atoms with Crippen molar-refractivity contribution in [1.82, 2.24) is 9.61 Å². The first-order valence-corrected chi connectivity index (χ1v) is 7.02. The Morgan fingerprint density at radius 1 is 1.29 bits per heavy atom. The monoisotopic (exact) mass is 347 g/mol. The van der Waals surface area contributed by atoms with Crippen LogP contribution in [0.4, 0.5) is 10.1 Å². The number of hydrogen-bond donors (Lipinski definition) is 0. The fourth-order valence-electron chi connectivity index (χ4n) is 2.06. The van der Waals surface area contributed by atoms with Crippen LogP contribution in [0.2, 0.25) is 0 Å². The first kappa shape index (κ1) is 13.8. The second kappa shape index (κ2) is 5.29. The van der Waals surface area contributed by atoms with Crippen molar-refractivity contribution in [1.29, 1.82) is 0 Å². The number of rotatable bonds is 2. The molecule has 0 N–H and O–H groups in total. The van der Waals surface area contributed by atoms with Gasteiger partial charge in [-0.2, -0.15) is 5.10 Å². The van der Waals surface area contributed by atoms with Gasteiger partial charge in [0.15, 0.2) is 0 Å². The number of pyridine rings is 1. The second-order valence-corrected chi connectivity index (χ2v) is 5.43. The molecule has 3 rings (SSSR count). The molecule has 3 aromatic rings. The second-order valence-electron chi connectivity index (χ2n) is 4.58. The summed E-state index contributed by atoms with van der Waals surface area (Å²) in [6.45, 7) is 0. The minimum Gasteiger partial charge on any atom is -0.311 e. The van der Waals surface area contributed by atoms with Crippen LogP contribution < -0.4 is 4.90 Å². The van der Waals surface area contributed by atoms with Gasteiger partial charge in [0.2, 0.25) is 0 Å². The lowest BCUT2D eigenvalue weighted by atomic mass is 10.2. The highest BCUT2D eigenvalue weighted by Gasteiger charge is 2.15. The van der Waals surface area contributed by atoms with Crippen molar-refractivity contribution in [3.63, 3.8) is 0 Å². The van der Waals surface area contributed by atoms with Crippen molar-refractivity contribution >= 4 is 33.0 Å². The van der Waals surface area contributed by atoms with Crippen LogP contribution in [-0.4, -0.2) is 22.6 Å². The Hall–Kier alpha value is -2.21. The van der Waals surface area contributed by atoms with Crippen molar-refractivity contribution in [3.05, 3.63) is 64.6 Å². The van der Waals surface area contributed by atoms with Gasteiger partial charge in [-0.1, -0.05) is 0 Å².